The van der Waals surface area contributed by atoms with E-state index in [1.54, 1.807) is 0 Å². The Morgan fingerprint density at radius 3 is 2.61 bits per heavy atom. The number of anilines is 1. The van der Waals surface area contributed by atoms with Crippen LogP contribution in [0, 0.1) is 5.92 Å². The predicted octanol–water partition coefficient (Wildman–Crippen LogP) is 3.11. The van der Waals surface area contributed by atoms with Gasteiger partial charge in [-0.15, -0.1) is 0 Å². The minimum Gasteiger partial charge on any atom is -0.492 e. The summed E-state index contributed by atoms with van der Waals surface area (Å²) in [5, 5.41) is 3.32. The number of rotatable bonds is 7. The first-order valence-corrected chi connectivity index (χ1v) is 13.4. The van der Waals surface area contributed by atoms with Gasteiger partial charge in [0.1, 0.15) is 17.1 Å². The molecule has 8 nitrogen and oxygen atoms in total. The molecule has 4 aliphatic rings. The molecular weight excluding hydrogens is 452 g/mol. The Hall–Kier alpha value is -3.10. The normalized spacial score (nSPS) is 24.2. The maximum atomic E-state index is 13.2. The fraction of sp³-hybridized carbons (Fsp3) is 0.500. The number of aromatic amines is 1. The van der Waals surface area contributed by atoms with E-state index >= 15 is 0 Å². The van der Waals surface area contributed by atoms with E-state index in [2.05, 4.69) is 37.1 Å². The molecule has 8 heteroatoms. The molecule has 1 amide bonds. The third kappa shape index (κ3) is 4.67. The fourth-order valence-corrected chi connectivity index (χ4v) is 6.07. The molecule has 7 rings (SSSR count). The monoisotopic (exact) mass is 488 g/mol. The van der Waals surface area contributed by atoms with Crippen molar-refractivity contribution in [3.8, 4) is 5.75 Å². The summed E-state index contributed by atoms with van der Waals surface area (Å²) in [4.78, 5) is 28.9. The zero-order valence-electron chi connectivity index (χ0n) is 21.1. The number of imidazole rings is 1. The van der Waals surface area contributed by atoms with E-state index in [1.165, 1.54) is 31.6 Å². The number of carbonyl (C=O) groups excluding carboxylic acids is 1. The number of piperazine rings is 1. The standard InChI is InChI=1S/C28H36N6O2/c1-2-36-25-9-4-3-8-24(25)34-16-14-33(15-17-34)19-26-29-22-7-5-6-21(27(22)31-26)28(35)30-23-18-32-12-10-20(23)11-13-32/h3-9,20,23H,2,10-19H2,1H3,(H,29,31)(H,30,35). The molecule has 4 aliphatic heterocycles. The van der Waals surface area contributed by atoms with Crippen LogP contribution in [0.3, 0.4) is 0 Å². The summed E-state index contributed by atoms with van der Waals surface area (Å²) in [5.41, 5.74) is 3.54. The van der Waals surface area contributed by atoms with Gasteiger partial charge in [0.05, 0.1) is 29.9 Å². The number of para-hydroxylation sites is 3. The highest BCUT2D eigenvalue weighted by Crippen LogP contribution is 2.30. The van der Waals surface area contributed by atoms with Crippen LogP contribution >= 0.6 is 0 Å². The van der Waals surface area contributed by atoms with Gasteiger partial charge in [0, 0.05) is 38.8 Å². The quantitative estimate of drug-likeness (QED) is 0.532. The molecule has 5 heterocycles. The maximum absolute atomic E-state index is 13.2. The molecule has 1 atom stereocenters. The van der Waals surface area contributed by atoms with Crippen molar-refractivity contribution < 1.29 is 9.53 Å². The van der Waals surface area contributed by atoms with Gasteiger partial charge in [-0.25, -0.2) is 4.98 Å². The number of carbonyl (C=O) groups is 1. The van der Waals surface area contributed by atoms with Crippen LogP contribution in [0.5, 0.6) is 5.75 Å². The first-order chi connectivity index (χ1) is 17.7. The number of aromatic nitrogens is 2. The van der Waals surface area contributed by atoms with Gasteiger partial charge in [0.2, 0.25) is 0 Å². The molecule has 4 fully saturated rings. The Balaban J connectivity index is 1.11. The van der Waals surface area contributed by atoms with Crippen molar-refractivity contribution >= 4 is 22.6 Å². The number of piperidine rings is 3. The SMILES string of the molecule is CCOc1ccccc1N1CCN(Cc2nc3c(C(=O)NC4CN5CCC4CC5)cccc3[nH]2)CC1. The highest BCUT2D eigenvalue weighted by Gasteiger charge is 2.35. The molecule has 190 valence electrons. The maximum Gasteiger partial charge on any atom is 0.253 e. The van der Waals surface area contributed by atoms with Gasteiger partial charge >= 0.3 is 0 Å². The van der Waals surface area contributed by atoms with Crippen molar-refractivity contribution in [1.82, 2.24) is 25.1 Å². The molecule has 0 radical (unpaired) electrons. The molecule has 2 N–H and O–H groups in total. The van der Waals surface area contributed by atoms with Gasteiger partial charge in [-0.2, -0.15) is 0 Å². The fourth-order valence-electron chi connectivity index (χ4n) is 6.07. The van der Waals surface area contributed by atoms with Crippen LogP contribution in [-0.2, 0) is 6.54 Å². The largest absolute Gasteiger partial charge is 0.492 e. The van der Waals surface area contributed by atoms with E-state index in [9.17, 15) is 4.79 Å². The second kappa shape index (κ2) is 10.1. The van der Waals surface area contributed by atoms with E-state index in [0.29, 0.717) is 18.1 Å². The van der Waals surface area contributed by atoms with Crippen molar-refractivity contribution in [3.63, 3.8) is 0 Å². The molecule has 2 aromatic carbocycles. The van der Waals surface area contributed by atoms with E-state index in [1.807, 2.05) is 37.3 Å². The van der Waals surface area contributed by atoms with Crippen molar-refractivity contribution in [2.75, 3.05) is 57.3 Å². The molecule has 36 heavy (non-hydrogen) atoms. The Morgan fingerprint density at radius 1 is 1.06 bits per heavy atom. The predicted molar refractivity (Wildman–Crippen MR) is 142 cm³/mol. The zero-order valence-corrected chi connectivity index (χ0v) is 21.1. The van der Waals surface area contributed by atoms with Crippen LogP contribution in [0.15, 0.2) is 42.5 Å². The van der Waals surface area contributed by atoms with Crippen LogP contribution in [0.1, 0.15) is 35.9 Å². The van der Waals surface area contributed by atoms with Gasteiger partial charge < -0.3 is 24.8 Å². The number of hydrogen-bond acceptors (Lipinski definition) is 6. The van der Waals surface area contributed by atoms with Crippen molar-refractivity contribution in [3.05, 3.63) is 53.9 Å². The number of amides is 1. The van der Waals surface area contributed by atoms with E-state index in [0.717, 1.165) is 61.9 Å². The summed E-state index contributed by atoms with van der Waals surface area (Å²) in [6, 6.07) is 14.4. The number of benzene rings is 2. The first-order valence-electron chi connectivity index (χ1n) is 13.4. The van der Waals surface area contributed by atoms with E-state index < -0.39 is 0 Å². The number of hydrogen-bond donors (Lipinski definition) is 2. The highest BCUT2D eigenvalue weighted by molar-refractivity contribution is 6.05. The topological polar surface area (TPSA) is 76.7 Å². The Kier molecular flexibility index (Phi) is 6.54. The number of nitrogens with one attached hydrogen (secondary N) is 2. The molecule has 1 aromatic heterocycles. The number of ether oxygens (including phenoxy) is 1. The Morgan fingerprint density at radius 2 is 1.86 bits per heavy atom. The average Bonchev–Trinajstić information content (AvgIpc) is 3.33. The average molecular weight is 489 g/mol. The Bertz CT molecular complexity index is 1210. The molecule has 0 aliphatic carbocycles. The summed E-state index contributed by atoms with van der Waals surface area (Å²) >= 11 is 0. The second-order valence-electron chi connectivity index (χ2n) is 10.3. The summed E-state index contributed by atoms with van der Waals surface area (Å²) in [6.45, 7) is 10.5. The number of fused-ring (bicyclic) bond motifs is 4. The molecule has 0 saturated carbocycles. The van der Waals surface area contributed by atoms with Crippen molar-refractivity contribution in [2.45, 2.75) is 32.4 Å². The third-order valence-electron chi connectivity index (χ3n) is 8.03. The summed E-state index contributed by atoms with van der Waals surface area (Å²) in [5.74, 6) is 2.47. The summed E-state index contributed by atoms with van der Waals surface area (Å²) in [7, 11) is 0. The molecule has 0 spiro atoms. The van der Waals surface area contributed by atoms with Gasteiger partial charge in [-0.05, 0) is 63.0 Å². The minimum absolute atomic E-state index is 0.000946. The molecule has 2 bridgehead atoms. The van der Waals surface area contributed by atoms with Crippen LogP contribution < -0.4 is 15.0 Å². The molecule has 4 saturated heterocycles. The van der Waals surface area contributed by atoms with Crippen LogP contribution in [0.2, 0.25) is 0 Å². The lowest BCUT2D eigenvalue weighted by Crippen LogP contribution is -2.57. The minimum atomic E-state index is -0.000946. The van der Waals surface area contributed by atoms with E-state index in [4.69, 9.17) is 9.72 Å². The lowest BCUT2D eigenvalue weighted by Gasteiger charge is -2.44. The highest BCUT2D eigenvalue weighted by atomic mass is 16.5. The van der Waals surface area contributed by atoms with Crippen LogP contribution in [0.4, 0.5) is 5.69 Å². The Labute approximate surface area is 212 Å². The third-order valence-corrected chi connectivity index (χ3v) is 8.03. The smallest absolute Gasteiger partial charge is 0.253 e. The van der Waals surface area contributed by atoms with Gasteiger partial charge in [-0.1, -0.05) is 18.2 Å². The van der Waals surface area contributed by atoms with Gasteiger partial charge in [-0.3, -0.25) is 9.69 Å². The lowest BCUT2D eigenvalue weighted by molar-refractivity contribution is 0.0621. The molecule has 3 aromatic rings. The first kappa shape index (κ1) is 23.3. The second-order valence-corrected chi connectivity index (χ2v) is 10.3. The van der Waals surface area contributed by atoms with Crippen LogP contribution in [-0.4, -0.2) is 84.1 Å². The van der Waals surface area contributed by atoms with Crippen molar-refractivity contribution in [1.29, 1.82) is 0 Å². The van der Waals surface area contributed by atoms with Gasteiger partial charge in [0.25, 0.3) is 5.91 Å². The summed E-state index contributed by atoms with van der Waals surface area (Å²) < 4.78 is 5.83. The van der Waals surface area contributed by atoms with Gasteiger partial charge in [0.15, 0.2) is 0 Å². The number of H-pyrrole nitrogens is 1. The van der Waals surface area contributed by atoms with E-state index in [-0.39, 0.29) is 11.9 Å². The molecular formula is C28H36N6O2. The zero-order chi connectivity index (χ0) is 24.5. The lowest BCUT2D eigenvalue weighted by atomic mass is 9.84. The van der Waals surface area contributed by atoms with Crippen molar-refractivity contribution in [2.24, 2.45) is 5.92 Å². The molecule has 1 unspecified atom stereocenters. The van der Waals surface area contributed by atoms with Crippen LogP contribution in [0.25, 0.3) is 11.0 Å². The summed E-state index contributed by atoms with van der Waals surface area (Å²) in [6.07, 6.45) is 2.37. The number of nitrogens with zero attached hydrogens (tertiary/aromatic N) is 4.